The molecule has 1 aromatic heterocycles. The number of thiocarbonyl (C=S) groups is 1. The predicted octanol–water partition coefficient (Wildman–Crippen LogP) is 2.87. The number of imidazole rings is 1. The molecule has 2 N–H and O–H groups in total. The summed E-state index contributed by atoms with van der Waals surface area (Å²) in [6.07, 6.45) is 2.62. The Morgan fingerprint density at radius 2 is 2.17 bits per heavy atom. The molecule has 0 unspecified atom stereocenters. The van der Waals surface area contributed by atoms with Crippen molar-refractivity contribution in [3.05, 3.63) is 17.2 Å². The molecule has 0 saturated carbocycles. The molecule has 1 heterocycles. The zero-order valence-electron chi connectivity index (χ0n) is 11.2. The van der Waals surface area contributed by atoms with Crippen molar-refractivity contribution in [3.63, 3.8) is 0 Å². The quantitative estimate of drug-likeness (QED) is 0.337. The largest absolute Gasteiger partial charge is 0.345 e. The fourth-order valence-electron chi connectivity index (χ4n) is 1.62. The first kappa shape index (κ1) is 15.2. The summed E-state index contributed by atoms with van der Waals surface area (Å²) in [6.45, 7) is 8.60. The van der Waals surface area contributed by atoms with Gasteiger partial charge in [-0.05, 0) is 11.8 Å². The normalized spacial score (nSPS) is 11.7. The lowest BCUT2D eigenvalue weighted by atomic mass is 10.1. The standard InChI is InChI=1S/C12H20N4S2/c1-7(2)5-10-14-9(6-13-16-12(17)18)11(15-10)8(3)4/h6-8H,5H2,1-4H3,(H,14,15)(H2,16,17,18)/b13-6+. The smallest absolute Gasteiger partial charge is 0.150 e. The minimum Gasteiger partial charge on any atom is -0.345 e. The van der Waals surface area contributed by atoms with Crippen LogP contribution in [-0.4, -0.2) is 20.5 Å². The van der Waals surface area contributed by atoms with E-state index in [4.69, 9.17) is 12.2 Å². The molecular weight excluding hydrogens is 264 g/mol. The van der Waals surface area contributed by atoms with Gasteiger partial charge in [0.2, 0.25) is 0 Å². The summed E-state index contributed by atoms with van der Waals surface area (Å²) in [4.78, 5) is 7.92. The Hall–Kier alpha value is -0.880. The Balaban J connectivity index is 2.90. The maximum Gasteiger partial charge on any atom is 0.150 e. The van der Waals surface area contributed by atoms with E-state index in [0.29, 0.717) is 16.2 Å². The molecule has 6 heteroatoms. The van der Waals surface area contributed by atoms with Crippen LogP contribution in [0.3, 0.4) is 0 Å². The number of nitrogens with zero attached hydrogens (tertiary/aromatic N) is 2. The highest BCUT2D eigenvalue weighted by atomic mass is 32.1. The first-order chi connectivity index (χ1) is 8.40. The van der Waals surface area contributed by atoms with Crippen molar-refractivity contribution >= 4 is 35.4 Å². The monoisotopic (exact) mass is 284 g/mol. The van der Waals surface area contributed by atoms with Gasteiger partial charge in [-0.3, -0.25) is 5.43 Å². The second-order valence-corrected chi connectivity index (χ2v) is 6.07. The third-order valence-electron chi connectivity index (χ3n) is 2.34. The van der Waals surface area contributed by atoms with Crippen LogP contribution in [0.25, 0.3) is 0 Å². The van der Waals surface area contributed by atoms with Crippen LogP contribution in [0.4, 0.5) is 0 Å². The van der Waals surface area contributed by atoms with E-state index < -0.39 is 0 Å². The van der Waals surface area contributed by atoms with Crippen LogP contribution in [0.2, 0.25) is 0 Å². The number of rotatable bonds is 5. The molecule has 0 aliphatic carbocycles. The number of nitrogens with one attached hydrogen (secondary N) is 2. The Labute approximate surface area is 119 Å². The van der Waals surface area contributed by atoms with E-state index in [1.807, 2.05) is 0 Å². The summed E-state index contributed by atoms with van der Waals surface area (Å²) in [5, 5.41) is 4.00. The van der Waals surface area contributed by atoms with Gasteiger partial charge in [-0.1, -0.05) is 39.9 Å². The van der Waals surface area contributed by atoms with Crippen molar-refractivity contribution in [1.82, 2.24) is 15.4 Å². The summed E-state index contributed by atoms with van der Waals surface area (Å²) in [7, 11) is 0. The van der Waals surface area contributed by atoms with Crippen LogP contribution in [0.5, 0.6) is 0 Å². The van der Waals surface area contributed by atoms with E-state index in [-0.39, 0.29) is 0 Å². The molecule has 0 atom stereocenters. The van der Waals surface area contributed by atoms with Gasteiger partial charge >= 0.3 is 0 Å². The molecule has 0 saturated heterocycles. The molecule has 0 fully saturated rings. The van der Waals surface area contributed by atoms with Gasteiger partial charge in [-0.15, -0.1) is 12.6 Å². The van der Waals surface area contributed by atoms with Gasteiger partial charge in [-0.25, -0.2) is 4.98 Å². The highest BCUT2D eigenvalue weighted by Gasteiger charge is 2.12. The number of thiol groups is 1. The lowest BCUT2D eigenvalue weighted by molar-refractivity contribution is 0.623. The van der Waals surface area contributed by atoms with Gasteiger partial charge in [0.1, 0.15) is 11.5 Å². The second kappa shape index (κ2) is 6.89. The molecular formula is C12H20N4S2. The maximum absolute atomic E-state index is 4.77. The van der Waals surface area contributed by atoms with E-state index in [0.717, 1.165) is 23.6 Å². The lowest BCUT2D eigenvalue weighted by Gasteiger charge is -2.02. The number of hydrazone groups is 1. The van der Waals surface area contributed by atoms with E-state index in [9.17, 15) is 0 Å². The molecule has 1 aromatic rings. The molecule has 18 heavy (non-hydrogen) atoms. The zero-order valence-corrected chi connectivity index (χ0v) is 12.9. The molecule has 0 spiro atoms. The zero-order chi connectivity index (χ0) is 13.7. The van der Waals surface area contributed by atoms with Crippen molar-refractivity contribution in [2.24, 2.45) is 11.0 Å². The Bertz CT molecular complexity index is 435. The molecule has 0 aliphatic heterocycles. The van der Waals surface area contributed by atoms with Gasteiger partial charge in [-0.2, -0.15) is 5.10 Å². The Morgan fingerprint density at radius 1 is 1.50 bits per heavy atom. The minimum atomic E-state index is 0.343. The van der Waals surface area contributed by atoms with Crippen LogP contribution in [0, 0.1) is 5.92 Å². The molecule has 4 nitrogen and oxygen atoms in total. The lowest BCUT2D eigenvalue weighted by Crippen LogP contribution is -2.08. The maximum atomic E-state index is 4.77. The van der Waals surface area contributed by atoms with Gasteiger partial charge in [0.15, 0.2) is 4.32 Å². The second-order valence-electron chi connectivity index (χ2n) is 4.91. The molecule has 0 amide bonds. The molecule has 0 aromatic carbocycles. The fourth-order valence-corrected chi connectivity index (χ4v) is 1.73. The van der Waals surface area contributed by atoms with Gasteiger partial charge < -0.3 is 4.98 Å². The SMILES string of the molecule is CC(C)Cc1nc(/C=N/NC(=S)S)c(C(C)C)[nH]1. The van der Waals surface area contributed by atoms with Gasteiger partial charge in [0.25, 0.3) is 0 Å². The average Bonchev–Trinajstić information content (AvgIpc) is 2.59. The van der Waals surface area contributed by atoms with E-state index >= 15 is 0 Å². The summed E-state index contributed by atoms with van der Waals surface area (Å²) >= 11 is 8.71. The average molecular weight is 284 g/mol. The van der Waals surface area contributed by atoms with Crippen molar-refractivity contribution in [2.75, 3.05) is 0 Å². The van der Waals surface area contributed by atoms with Crippen molar-refractivity contribution < 1.29 is 0 Å². The van der Waals surface area contributed by atoms with Gasteiger partial charge in [0, 0.05) is 12.1 Å². The van der Waals surface area contributed by atoms with Crippen LogP contribution in [-0.2, 0) is 6.42 Å². The van der Waals surface area contributed by atoms with Crippen molar-refractivity contribution in [2.45, 2.75) is 40.0 Å². The third-order valence-corrected chi connectivity index (χ3v) is 2.53. The molecule has 0 aliphatic rings. The molecule has 100 valence electrons. The summed E-state index contributed by atoms with van der Waals surface area (Å²) in [5.74, 6) is 1.95. The summed E-state index contributed by atoms with van der Waals surface area (Å²) < 4.78 is 0.343. The predicted molar refractivity (Wildman–Crippen MR) is 83.5 cm³/mol. The first-order valence-electron chi connectivity index (χ1n) is 6.01. The number of hydrogen-bond donors (Lipinski definition) is 3. The van der Waals surface area contributed by atoms with Crippen molar-refractivity contribution in [1.29, 1.82) is 0 Å². The summed E-state index contributed by atoms with van der Waals surface area (Å²) in [6, 6.07) is 0. The topological polar surface area (TPSA) is 53.1 Å². The Kier molecular flexibility index (Phi) is 5.81. The van der Waals surface area contributed by atoms with Gasteiger partial charge in [0.05, 0.1) is 6.21 Å². The molecule has 0 radical (unpaired) electrons. The van der Waals surface area contributed by atoms with Crippen LogP contribution < -0.4 is 5.43 Å². The third kappa shape index (κ3) is 4.78. The highest BCUT2D eigenvalue weighted by molar-refractivity contribution is 8.11. The van der Waals surface area contributed by atoms with E-state index in [1.54, 1.807) is 6.21 Å². The fraction of sp³-hybridized carbons (Fsp3) is 0.583. The van der Waals surface area contributed by atoms with Crippen LogP contribution in [0.15, 0.2) is 5.10 Å². The number of hydrogen-bond acceptors (Lipinski definition) is 3. The summed E-state index contributed by atoms with van der Waals surface area (Å²) in [5.41, 5.74) is 4.58. The Morgan fingerprint density at radius 3 is 2.67 bits per heavy atom. The number of aromatic amines is 1. The van der Waals surface area contributed by atoms with Crippen LogP contribution >= 0.6 is 24.8 Å². The van der Waals surface area contributed by atoms with Crippen molar-refractivity contribution in [3.8, 4) is 0 Å². The van der Waals surface area contributed by atoms with Crippen LogP contribution in [0.1, 0.15) is 50.8 Å². The number of H-pyrrole nitrogens is 1. The number of aromatic nitrogens is 2. The molecule has 0 bridgehead atoms. The molecule has 1 rings (SSSR count). The van der Waals surface area contributed by atoms with E-state index in [2.05, 4.69) is 60.8 Å². The van der Waals surface area contributed by atoms with E-state index in [1.165, 1.54) is 0 Å². The highest BCUT2D eigenvalue weighted by Crippen LogP contribution is 2.17. The first-order valence-corrected chi connectivity index (χ1v) is 6.86. The minimum absolute atomic E-state index is 0.343.